The van der Waals surface area contributed by atoms with Gasteiger partial charge < -0.3 is 0 Å². The summed E-state index contributed by atoms with van der Waals surface area (Å²) in [6.45, 7) is 10.3. The SMILES string of the molecule is C=C(C)C[C@@H](N=C(c1ccccc1)c1ccccc1)C(=O)N1[C@H]2C[C@H]3CC[C@]2(CS1(=O)=O)C3(C)C. The van der Waals surface area contributed by atoms with E-state index < -0.39 is 22.0 Å². The van der Waals surface area contributed by atoms with Crippen LogP contribution in [-0.4, -0.2) is 42.2 Å². The lowest BCUT2D eigenvalue weighted by Crippen LogP contribution is -2.47. The fourth-order valence-corrected chi connectivity index (χ4v) is 9.48. The van der Waals surface area contributed by atoms with Crippen molar-refractivity contribution in [2.24, 2.45) is 21.7 Å². The van der Waals surface area contributed by atoms with E-state index in [0.29, 0.717) is 18.1 Å². The number of amides is 1. The number of aliphatic imine (C=N–C) groups is 1. The lowest BCUT2D eigenvalue weighted by atomic mass is 9.69. The maximum Gasteiger partial charge on any atom is 0.261 e. The molecule has 0 radical (unpaired) electrons. The number of fused-ring (bicyclic) bond motifs is 1. The van der Waals surface area contributed by atoms with Crippen LogP contribution in [0.3, 0.4) is 0 Å². The van der Waals surface area contributed by atoms with E-state index in [1.165, 1.54) is 4.31 Å². The minimum Gasteiger partial charge on any atom is -0.271 e. The predicted molar refractivity (Wildman–Crippen MR) is 140 cm³/mol. The van der Waals surface area contributed by atoms with Gasteiger partial charge in [-0.1, -0.05) is 80.1 Å². The molecular formula is C29H34N2O3S. The van der Waals surface area contributed by atoms with Gasteiger partial charge >= 0.3 is 0 Å². The standard InChI is InChI=1S/C29H34N2O3S/c1-20(2)17-24(30-26(21-11-7-5-8-12-21)22-13-9-6-10-14-22)27(32)31-25-18-23-15-16-29(25,28(23,3)4)19-35(31,33)34/h5-14,23-25H,1,15-19H2,2-4H3/t23-,24-,25+,29-/m1/s1. The topological polar surface area (TPSA) is 66.8 Å². The molecule has 1 heterocycles. The molecule has 2 aliphatic carbocycles. The van der Waals surface area contributed by atoms with E-state index in [0.717, 1.165) is 36.0 Å². The van der Waals surface area contributed by atoms with Crippen LogP contribution in [0.2, 0.25) is 0 Å². The number of rotatable bonds is 6. The number of carbonyl (C=O) groups is 1. The third-order valence-corrected chi connectivity index (χ3v) is 10.7. The summed E-state index contributed by atoms with van der Waals surface area (Å²) in [4.78, 5) is 19.1. The molecule has 35 heavy (non-hydrogen) atoms. The Labute approximate surface area is 209 Å². The number of hydrogen-bond donors (Lipinski definition) is 0. The zero-order valence-corrected chi connectivity index (χ0v) is 21.6. The highest BCUT2D eigenvalue weighted by molar-refractivity contribution is 7.90. The van der Waals surface area contributed by atoms with Gasteiger partial charge in [-0.3, -0.25) is 9.79 Å². The van der Waals surface area contributed by atoms with Gasteiger partial charge in [0.05, 0.1) is 17.5 Å². The molecule has 6 heteroatoms. The number of sulfonamides is 1. The van der Waals surface area contributed by atoms with Crippen molar-refractivity contribution in [2.45, 2.75) is 58.5 Å². The molecule has 1 saturated heterocycles. The summed E-state index contributed by atoms with van der Waals surface area (Å²) in [7, 11) is -3.72. The quantitative estimate of drug-likeness (QED) is 0.412. The first-order valence-electron chi connectivity index (χ1n) is 12.5. The lowest BCUT2D eigenvalue weighted by Gasteiger charge is -2.37. The highest BCUT2D eigenvalue weighted by Crippen LogP contribution is 2.70. The summed E-state index contributed by atoms with van der Waals surface area (Å²) in [5.74, 6) is 0.0985. The Morgan fingerprint density at radius 1 is 1.09 bits per heavy atom. The Hall–Kier alpha value is -2.73. The van der Waals surface area contributed by atoms with E-state index in [4.69, 9.17) is 4.99 Å². The van der Waals surface area contributed by atoms with Crippen molar-refractivity contribution in [3.8, 4) is 0 Å². The molecule has 1 aliphatic heterocycles. The molecule has 5 rings (SSSR count). The molecule has 3 fully saturated rings. The molecule has 0 N–H and O–H groups in total. The summed E-state index contributed by atoms with van der Waals surface area (Å²) < 4.78 is 28.3. The first kappa shape index (κ1) is 24.0. The van der Waals surface area contributed by atoms with Gasteiger partial charge in [0.25, 0.3) is 5.91 Å². The maximum absolute atomic E-state index is 14.1. The Morgan fingerprint density at radius 3 is 2.17 bits per heavy atom. The van der Waals surface area contributed by atoms with Gasteiger partial charge in [0.2, 0.25) is 10.0 Å². The van der Waals surface area contributed by atoms with Crippen molar-refractivity contribution < 1.29 is 13.2 Å². The summed E-state index contributed by atoms with van der Waals surface area (Å²) in [6.07, 6.45) is 2.97. The van der Waals surface area contributed by atoms with Crippen molar-refractivity contribution in [1.82, 2.24) is 4.31 Å². The molecule has 0 unspecified atom stereocenters. The molecule has 2 bridgehead atoms. The van der Waals surface area contributed by atoms with Crippen molar-refractivity contribution in [3.05, 3.63) is 83.9 Å². The van der Waals surface area contributed by atoms with Gasteiger partial charge in [0.1, 0.15) is 6.04 Å². The van der Waals surface area contributed by atoms with Gasteiger partial charge in [-0.15, -0.1) is 6.58 Å². The summed E-state index contributed by atoms with van der Waals surface area (Å²) in [6, 6.07) is 18.4. The van der Waals surface area contributed by atoms with Crippen LogP contribution in [0.4, 0.5) is 0 Å². The molecular weight excluding hydrogens is 456 g/mol. The van der Waals surface area contributed by atoms with Crippen LogP contribution in [0.15, 0.2) is 77.8 Å². The smallest absolute Gasteiger partial charge is 0.261 e. The average molecular weight is 491 g/mol. The van der Waals surface area contributed by atoms with Crippen molar-refractivity contribution in [1.29, 1.82) is 0 Å². The highest BCUT2D eigenvalue weighted by Gasteiger charge is 2.72. The molecule has 0 aromatic heterocycles. The maximum atomic E-state index is 14.1. The molecule has 4 atom stereocenters. The second-order valence-electron chi connectivity index (χ2n) is 11.1. The minimum atomic E-state index is -3.72. The van der Waals surface area contributed by atoms with Gasteiger partial charge in [-0.05, 0) is 43.9 Å². The van der Waals surface area contributed by atoms with E-state index in [1.807, 2.05) is 67.6 Å². The third-order valence-electron chi connectivity index (χ3n) is 8.83. The monoisotopic (exact) mass is 490 g/mol. The van der Waals surface area contributed by atoms with Gasteiger partial charge in [0.15, 0.2) is 0 Å². The second-order valence-corrected chi connectivity index (χ2v) is 13.0. The van der Waals surface area contributed by atoms with Crippen LogP contribution in [0.1, 0.15) is 57.6 Å². The zero-order chi connectivity index (χ0) is 25.0. The molecule has 2 saturated carbocycles. The second kappa shape index (κ2) is 8.44. The summed E-state index contributed by atoms with van der Waals surface area (Å²) in [5, 5.41) is 0. The van der Waals surface area contributed by atoms with Crippen LogP contribution in [0.25, 0.3) is 0 Å². The number of carbonyl (C=O) groups excluding carboxylic acids is 1. The van der Waals surface area contributed by atoms with Gasteiger partial charge in [0, 0.05) is 16.5 Å². The Kier molecular flexibility index (Phi) is 5.78. The molecule has 2 aromatic rings. The van der Waals surface area contributed by atoms with Crippen LogP contribution in [-0.2, 0) is 14.8 Å². The third kappa shape index (κ3) is 3.77. The molecule has 1 amide bonds. The van der Waals surface area contributed by atoms with Crippen molar-refractivity contribution in [3.63, 3.8) is 0 Å². The Balaban J connectivity index is 1.59. The molecule has 184 valence electrons. The van der Waals surface area contributed by atoms with Crippen LogP contribution in [0.5, 0.6) is 0 Å². The number of nitrogens with zero attached hydrogens (tertiary/aromatic N) is 2. The van der Waals surface area contributed by atoms with E-state index in [2.05, 4.69) is 20.4 Å². The summed E-state index contributed by atoms with van der Waals surface area (Å²) >= 11 is 0. The van der Waals surface area contributed by atoms with Crippen LogP contribution >= 0.6 is 0 Å². The lowest BCUT2D eigenvalue weighted by molar-refractivity contribution is -0.130. The van der Waals surface area contributed by atoms with Crippen LogP contribution < -0.4 is 0 Å². The highest BCUT2D eigenvalue weighted by atomic mass is 32.2. The van der Waals surface area contributed by atoms with Gasteiger partial charge in [-0.2, -0.15) is 0 Å². The largest absolute Gasteiger partial charge is 0.271 e. The molecule has 5 nitrogen and oxygen atoms in total. The average Bonchev–Trinajstić information content (AvgIpc) is 3.30. The fourth-order valence-electron chi connectivity index (χ4n) is 6.91. The molecule has 2 aromatic carbocycles. The van der Waals surface area contributed by atoms with E-state index >= 15 is 0 Å². The van der Waals surface area contributed by atoms with Crippen molar-refractivity contribution in [2.75, 3.05) is 5.75 Å². The number of hydrogen-bond acceptors (Lipinski definition) is 4. The molecule has 1 spiro atoms. The van der Waals surface area contributed by atoms with E-state index in [9.17, 15) is 13.2 Å². The predicted octanol–water partition coefficient (Wildman–Crippen LogP) is 5.23. The minimum absolute atomic E-state index is 0.0631. The van der Waals surface area contributed by atoms with E-state index in [-0.39, 0.29) is 22.6 Å². The Bertz CT molecular complexity index is 1240. The first-order valence-corrected chi connectivity index (χ1v) is 14.1. The molecule has 3 aliphatic rings. The van der Waals surface area contributed by atoms with Gasteiger partial charge in [-0.25, -0.2) is 12.7 Å². The fraction of sp³-hybridized carbons (Fsp3) is 0.448. The van der Waals surface area contributed by atoms with Crippen molar-refractivity contribution >= 4 is 21.6 Å². The summed E-state index contributed by atoms with van der Waals surface area (Å²) in [5.41, 5.74) is 2.81. The van der Waals surface area contributed by atoms with E-state index in [1.54, 1.807) is 0 Å². The first-order chi connectivity index (χ1) is 16.6. The normalized spacial score (nSPS) is 28.4. The zero-order valence-electron chi connectivity index (χ0n) is 20.8. The Morgan fingerprint density at radius 2 is 1.66 bits per heavy atom. The van der Waals surface area contributed by atoms with Crippen LogP contribution in [0, 0.1) is 16.7 Å². The number of benzene rings is 2.